The number of rotatable bonds is 3. The van der Waals surface area contributed by atoms with Gasteiger partial charge in [-0.05, 0) is 24.6 Å². The molecule has 1 amide bonds. The second kappa shape index (κ2) is 4.39. The van der Waals surface area contributed by atoms with Crippen LogP contribution >= 0.6 is 0 Å². The summed E-state index contributed by atoms with van der Waals surface area (Å²) in [6, 6.07) is 3.60. The van der Waals surface area contributed by atoms with Crippen LogP contribution in [0.5, 0.6) is 0 Å². The molecular formula is C16H16N2O4. The third-order valence-electron chi connectivity index (χ3n) is 5.07. The molecule has 1 aromatic rings. The molecule has 114 valence electrons. The fourth-order valence-corrected chi connectivity index (χ4v) is 3.96. The van der Waals surface area contributed by atoms with Crippen LogP contribution in [0.2, 0.25) is 0 Å². The molecule has 3 aliphatic heterocycles. The van der Waals surface area contributed by atoms with Crippen molar-refractivity contribution in [3.8, 4) is 0 Å². The highest BCUT2D eigenvalue weighted by molar-refractivity contribution is 5.91. The van der Waals surface area contributed by atoms with Gasteiger partial charge in [-0.2, -0.15) is 0 Å². The first-order valence-electron chi connectivity index (χ1n) is 7.34. The van der Waals surface area contributed by atoms with Crippen molar-refractivity contribution in [2.75, 3.05) is 6.54 Å². The lowest BCUT2D eigenvalue weighted by molar-refractivity contribution is -0.148. The normalized spacial score (nSPS) is 36.7. The van der Waals surface area contributed by atoms with Crippen LogP contribution < -0.4 is 0 Å². The van der Waals surface area contributed by atoms with Crippen molar-refractivity contribution in [3.05, 3.63) is 42.2 Å². The summed E-state index contributed by atoms with van der Waals surface area (Å²) in [7, 11) is 0. The van der Waals surface area contributed by atoms with Crippen LogP contribution in [-0.2, 0) is 14.3 Å². The SMILES string of the molecule is C[C@H](c1ccncc1)N1C[C@@]23C=C[C@@H](O2)[C@H](C(=O)O)[C@@H]3C1=O. The van der Waals surface area contributed by atoms with E-state index in [9.17, 15) is 14.7 Å². The summed E-state index contributed by atoms with van der Waals surface area (Å²) in [6.07, 6.45) is 6.55. The van der Waals surface area contributed by atoms with E-state index in [1.165, 1.54) is 0 Å². The quantitative estimate of drug-likeness (QED) is 0.843. The number of aromatic nitrogens is 1. The fourth-order valence-electron chi connectivity index (χ4n) is 3.96. The number of likely N-dealkylation sites (tertiary alicyclic amines) is 1. The van der Waals surface area contributed by atoms with Crippen molar-refractivity contribution in [3.63, 3.8) is 0 Å². The first kappa shape index (κ1) is 13.5. The van der Waals surface area contributed by atoms with Gasteiger partial charge in [0.15, 0.2) is 0 Å². The maximum atomic E-state index is 12.8. The summed E-state index contributed by atoms with van der Waals surface area (Å²) in [5.41, 5.74) is 0.205. The fraction of sp³-hybridized carbons (Fsp3) is 0.438. The summed E-state index contributed by atoms with van der Waals surface area (Å²) in [4.78, 5) is 30.1. The summed E-state index contributed by atoms with van der Waals surface area (Å²) in [5.74, 6) is -2.51. The highest BCUT2D eigenvalue weighted by Gasteiger charge is 2.67. The number of aliphatic carboxylic acids is 1. The summed E-state index contributed by atoms with van der Waals surface area (Å²) < 4.78 is 5.88. The van der Waals surface area contributed by atoms with Gasteiger partial charge in [-0.25, -0.2) is 0 Å². The molecule has 0 radical (unpaired) electrons. The first-order chi connectivity index (χ1) is 10.5. The van der Waals surface area contributed by atoms with Gasteiger partial charge in [0.05, 0.1) is 24.6 Å². The molecule has 1 N–H and O–H groups in total. The van der Waals surface area contributed by atoms with E-state index in [4.69, 9.17) is 4.74 Å². The Hall–Kier alpha value is -2.21. The standard InChI is InChI=1S/C16H16N2O4/c1-9(10-3-6-17-7-4-10)18-8-16-5-2-11(22-16)12(15(20)21)13(16)14(18)19/h2-7,9,11-13H,8H2,1H3,(H,20,21)/t9-,11-,12+,13-,16-/m1/s1. The van der Waals surface area contributed by atoms with E-state index in [-0.39, 0.29) is 11.9 Å². The van der Waals surface area contributed by atoms with Crippen LogP contribution in [0.3, 0.4) is 0 Å². The van der Waals surface area contributed by atoms with E-state index in [0.29, 0.717) is 6.54 Å². The molecule has 2 fully saturated rings. The Morgan fingerprint density at radius 2 is 2.23 bits per heavy atom. The second-order valence-corrected chi connectivity index (χ2v) is 6.16. The Bertz CT molecular complexity index is 674. The van der Waals surface area contributed by atoms with E-state index < -0.39 is 29.5 Å². The minimum absolute atomic E-state index is 0.136. The van der Waals surface area contributed by atoms with E-state index in [1.807, 2.05) is 25.1 Å². The number of nitrogens with zero attached hydrogens (tertiary/aromatic N) is 2. The van der Waals surface area contributed by atoms with Crippen molar-refractivity contribution in [1.29, 1.82) is 0 Å². The zero-order valence-corrected chi connectivity index (χ0v) is 12.0. The van der Waals surface area contributed by atoms with Crippen LogP contribution in [0.1, 0.15) is 18.5 Å². The number of ether oxygens (including phenoxy) is 1. The van der Waals surface area contributed by atoms with Crippen molar-refractivity contribution >= 4 is 11.9 Å². The largest absolute Gasteiger partial charge is 0.481 e. The third-order valence-corrected chi connectivity index (χ3v) is 5.07. The molecule has 3 aliphatic rings. The molecule has 1 spiro atoms. The van der Waals surface area contributed by atoms with E-state index in [0.717, 1.165) is 5.56 Å². The van der Waals surface area contributed by atoms with Crippen molar-refractivity contribution in [1.82, 2.24) is 9.88 Å². The van der Waals surface area contributed by atoms with E-state index in [2.05, 4.69) is 4.98 Å². The van der Waals surface area contributed by atoms with Crippen LogP contribution in [-0.4, -0.2) is 45.1 Å². The lowest BCUT2D eigenvalue weighted by Gasteiger charge is -2.27. The van der Waals surface area contributed by atoms with Crippen molar-refractivity contribution in [2.45, 2.75) is 24.7 Å². The van der Waals surface area contributed by atoms with Crippen LogP contribution in [0.4, 0.5) is 0 Å². The van der Waals surface area contributed by atoms with Gasteiger partial charge >= 0.3 is 5.97 Å². The number of carbonyl (C=O) groups is 2. The number of fused-ring (bicyclic) bond motifs is 1. The van der Waals surface area contributed by atoms with Crippen LogP contribution in [0.15, 0.2) is 36.7 Å². The highest BCUT2D eigenvalue weighted by Crippen LogP contribution is 2.53. The van der Waals surface area contributed by atoms with Gasteiger partial charge in [0.25, 0.3) is 0 Å². The van der Waals surface area contributed by atoms with Gasteiger partial charge in [0.1, 0.15) is 11.5 Å². The molecule has 6 heteroatoms. The Kier molecular flexibility index (Phi) is 2.69. The molecule has 2 saturated heterocycles. The third kappa shape index (κ3) is 1.61. The Labute approximate surface area is 127 Å². The average molecular weight is 300 g/mol. The number of amides is 1. The van der Waals surface area contributed by atoms with E-state index >= 15 is 0 Å². The average Bonchev–Trinajstić information content (AvgIpc) is 3.15. The number of pyridine rings is 1. The molecule has 4 heterocycles. The Morgan fingerprint density at radius 3 is 2.91 bits per heavy atom. The van der Waals surface area contributed by atoms with Gasteiger partial charge in [-0.15, -0.1) is 0 Å². The maximum absolute atomic E-state index is 12.8. The van der Waals surface area contributed by atoms with Gasteiger partial charge in [-0.3, -0.25) is 14.6 Å². The molecule has 1 aromatic heterocycles. The molecular weight excluding hydrogens is 284 g/mol. The Balaban J connectivity index is 1.68. The first-order valence-corrected chi connectivity index (χ1v) is 7.34. The van der Waals surface area contributed by atoms with Gasteiger partial charge in [0.2, 0.25) is 5.91 Å². The molecule has 4 rings (SSSR count). The van der Waals surface area contributed by atoms with Gasteiger partial charge in [0, 0.05) is 12.4 Å². The summed E-state index contributed by atoms with van der Waals surface area (Å²) in [5, 5.41) is 9.45. The second-order valence-electron chi connectivity index (χ2n) is 6.16. The maximum Gasteiger partial charge on any atom is 0.310 e. The number of carboxylic acids is 1. The van der Waals surface area contributed by atoms with Gasteiger partial charge < -0.3 is 14.7 Å². The molecule has 2 bridgehead atoms. The highest BCUT2D eigenvalue weighted by atomic mass is 16.5. The molecule has 6 nitrogen and oxygen atoms in total. The summed E-state index contributed by atoms with van der Waals surface area (Å²) in [6.45, 7) is 2.34. The Morgan fingerprint density at radius 1 is 1.50 bits per heavy atom. The molecule has 0 unspecified atom stereocenters. The number of carbonyl (C=O) groups excluding carboxylic acids is 1. The lowest BCUT2D eigenvalue weighted by Crippen LogP contribution is -2.39. The minimum atomic E-state index is -0.965. The molecule has 22 heavy (non-hydrogen) atoms. The molecule has 0 saturated carbocycles. The monoisotopic (exact) mass is 300 g/mol. The lowest BCUT2D eigenvalue weighted by atomic mass is 9.77. The molecule has 5 atom stereocenters. The van der Waals surface area contributed by atoms with Crippen LogP contribution in [0, 0.1) is 11.8 Å². The number of carboxylic acid groups (broad SMARTS) is 1. The number of hydrogen-bond acceptors (Lipinski definition) is 4. The van der Waals surface area contributed by atoms with Crippen molar-refractivity contribution in [2.24, 2.45) is 11.8 Å². The topological polar surface area (TPSA) is 79.7 Å². The predicted molar refractivity (Wildman–Crippen MR) is 75.7 cm³/mol. The van der Waals surface area contributed by atoms with Crippen LogP contribution in [0.25, 0.3) is 0 Å². The smallest absolute Gasteiger partial charge is 0.310 e. The van der Waals surface area contributed by atoms with Crippen molar-refractivity contribution < 1.29 is 19.4 Å². The number of hydrogen-bond donors (Lipinski definition) is 1. The summed E-state index contributed by atoms with van der Waals surface area (Å²) >= 11 is 0. The predicted octanol–water partition coefficient (Wildman–Crippen LogP) is 1.01. The van der Waals surface area contributed by atoms with E-state index in [1.54, 1.807) is 23.4 Å². The minimum Gasteiger partial charge on any atom is -0.481 e. The zero-order valence-electron chi connectivity index (χ0n) is 12.0. The molecule has 0 aromatic carbocycles. The zero-order chi connectivity index (χ0) is 15.5. The van der Waals surface area contributed by atoms with Gasteiger partial charge in [-0.1, -0.05) is 12.2 Å². The molecule has 0 aliphatic carbocycles.